The van der Waals surface area contributed by atoms with E-state index in [-0.39, 0.29) is 24.8 Å². The average molecular weight is 341 g/mol. The van der Waals surface area contributed by atoms with Gasteiger partial charge in [0.25, 0.3) is 11.6 Å². The highest BCUT2D eigenvalue weighted by Crippen LogP contribution is 2.28. The molecule has 0 atom stereocenters. The van der Waals surface area contributed by atoms with Crippen LogP contribution < -0.4 is 4.90 Å². The van der Waals surface area contributed by atoms with Gasteiger partial charge in [0, 0.05) is 18.7 Å². The number of nitro groups is 1. The second kappa shape index (κ2) is 6.60. The van der Waals surface area contributed by atoms with Crippen LogP contribution in [0.15, 0.2) is 48.5 Å². The number of non-ortho nitro benzene ring substituents is 1. The van der Waals surface area contributed by atoms with Crippen LogP contribution in [-0.2, 0) is 11.3 Å². The molecule has 0 unspecified atom stereocenters. The van der Waals surface area contributed by atoms with Crippen molar-refractivity contribution in [3.8, 4) is 0 Å². The minimum Gasteiger partial charge on any atom is -0.480 e. The van der Waals surface area contributed by atoms with Gasteiger partial charge in [0.2, 0.25) is 0 Å². The van der Waals surface area contributed by atoms with Crippen LogP contribution in [0, 0.1) is 10.1 Å². The Labute approximate surface area is 143 Å². The molecule has 0 aromatic heterocycles. The smallest absolute Gasteiger partial charge is 0.323 e. The van der Waals surface area contributed by atoms with Crippen molar-refractivity contribution in [1.82, 2.24) is 4.90 Å². The van der Waals surface area contributed by atoms with Crippen LogP contribution in [-0.4, -0.2) is 40.0 Å². The summed E-state index contributed by atoms with van der Waals surface area (Å²) in [5.41, 5.74) is 1.99. The molecule has 1 heterocycles. The van der Waals surface area contributed by atoms with Crippen molar-refractivity contribution in [1.29, 1.82) is 0 Å². The molecule has 0 radical (unpaired) electrons. The Kier molecular flexibility index (Phi) is 4.34. The first-order valence-corrected chi connectivity index (χ1v) is 7.54. The molecule has 0 saturated heterocycles. The number of aliphatic carboxylic acids is 1. The van der Waals surface area contributed by atoms with Crippen molar-refractivity contribution in [2.24, 2.45) is 0 Å². The van der Waals surface area contributed by atoms with Crippen molar-refractivity contribution in [2.75, 3.05) is 18.1 Å². The first-order valence-electron chi connectivity index (χ1n) is 7.54. The zero-order valence-corrected chi connectivity index (χ0v) is 13.2. The summed E-state index contributed by atoms with van der Waals surface area (Å²) in [5.74, 6) is -1.40. The van der Waals surface area contributed by atoms with E-state index in [0.717, 1.165) is 5.56 Å². The monoisotopic (exact) mass is 341 g/mol. The van der Waals surface area contributed by atoms with Crippen LogP contribution in [0.25, 0.3) is 0 Å². The normalized spacial score (nSPS) is 13.5. The number of nitro benzene ring substituents is 1. The number of para-hydroxylation sites is 1. The molecule has 3 rings (SSSR count). The number of carboxylic acids is 1. The molecule has 1 aliphatic rings. The summed E-state index contributed by atoms with van der Waals surface area (Å²) in [6.45, 7) is 0.154. The molecular weight excluding hydrogens is 326 g/mol. The molecule has 0 spiro atoms. The fourth-order valence-electron chi connectivity index (χ4n) is 2.81. The molecule has 1 amide bonds. The quantitative estimate of drug-likeness (QED) is 0.660. The Hall–Kier alpha value is -3.42. The van der Waals surface area contributed by atoms with E-state index in [4.69, 9.17) is 5.11 Å². The Morgan fingerprint density at radius 3 is 2.44 bits per heavy atom. The maximum absolute atomic E-state index is 12.4. The zero-order chi connectivity index (χ0) is 18.0. The number of rotatable bonds is 5. The van der Waals surface area contributed by atoms with E-state index in [0.29, 0.717) is 17.8 Å². The summed E-state index contributed by atoms with van der Waals surface area (Å²) in [7, 11) is 0. The van der Waals surface area contributed by atoms with Crippen LogP contribution in [0.5, 0.6) is 0 Å². The Morgan fingerprint density at radius 1 is 1.12 bits per heavy atom. The van der Waals surface area contributed by atoms with E-state index in [1.54, 1.807) is 30.3 Å². The lowest BCUT2D eigenvalue weighted by Crippen LogP contribution is -2.48. The lowest BCUT2D eigenvalue weighted by molar-refractivity contribution is -0.384. The van der Waals surface area contributed by atoms with Crippen molar-refractivity contribution in [3.63, 3.8) is 0 Å². The number of hydrogen-bond donors (Lipinski definition) is 1. The second-order valence-electron chi connectivity index (χ2n) is 5.68. The van der Waals surface area contributed by atoms with Crippen molar-refractivity contribution < 1.29 is 19.6 Å². The first kappa shape index (κ1) is 16.4. The second-order valence-corrected chi connectivity index (χ2v) is 5.68. The molecule has 128 valence electrons. The molecule has 0 saturated carbocycles. The molecule has 0 fully saturated rings. The van der Waals surface area contributed by atoms with E-state index < -0.39 is 10.9 Å². The molecular formula is C17H15N3O5. The van der Waals surface area contributed by atoms with Gasteiger partial charge in [-0.25, -0.2) is 0 Å². The number of hydrogen-bond acceptors (Lipinski definition) is 5. The highest BCUT2D eigenvalue weighted by Gasteiger charge is 2.30. The molecule has 2 aromatic carbocycles. The van der Waals surface area contributed by atoms with E-state index in [9.17, 15) is 19.7 Å². The topological polar surface area (TPSA) is 104 Å². The molecule has 8 heteroatoms. The van der Waals surface area contributed by atoms with Gasteiger partial charge in [-0.15, -0.1) is 0 Å². The fraction of sp³-hybridized carbons (Fsp3) is 0.176. The van der Waals surface area contributed by atoms with Crippen LogP contribution >= 0.6 is 0 Å². The predicted molar refractivity (Wildman–Crippen MR) is 89.3 cm³/mol. The molecule has 8 nitrogen and oxygen atoms in total. The predicted octanol–water partition coefficient (Wildman–Crippen LogP) is 2.10. The van der Waals surface area contributed by atoms with Gasteiger partial charge in [0.15, 0.2) is 0 Å². The van der Waals surface area contributed by atoms with Crippen molar-refractivity contribution in [3.05, 3.63) is 69.8 Å². The van der Waals surface area contributed by atoms with Crippen molar-refractivity contribution >= 4 is 23.3 Å². The zero-order valence-electron chi connectivity index (χ0n) is 13.2. The minimum absolute atomic E-state index is 0.00507. The lowest BCUT2D eigenvalue weighted by Gasteiger charge is -2.37. The fourth-order valence-corrected chi connectivity index (χ4v) is 2.81. The largest absolute Gasteiger partial charge is 0.480 e. The summed E-state index contributed by atoms with van der Waals surface area (Å²) in [4.78, 5) is 36.9. The summed E-state index contributed by atoms with van der Waals surface area (Å²) < 4.78 is 0. The number of amides is 1. The van der Waals surface area contributed by atoms with Gasteiger partial charge in [-0.3, -0.25) is 19.7 Å². The number of benzene rings is 2. The molecule has 1 aliphatic heterocycles. The molecule has 1 N–H and O–H groups in total. The highest BCUT2D eigenvalue weighted by molar-refractivity contribution is 6.02. The number of carboxylic acid groups (broad SMARTS) is 1. The number of carbonyl (C=O) groups excluding carboxylic acids is 1. The van der Waals surface area contributed by atoms with Gasteiger partial charge in [-0.05, 0) is 17.7 Å². The average Bonchev–Trinajstić information content (AvgIpc) is 2.59. The molecule has 25 heavy (non-hydrogen) atoms. The standard InChI is InChI=1S/C17H15N3O5/c21-16(22)10-19-11-18(15-4-2-1-3-14(15)17(19)23)9-12-5-7-13(8-6-12)20(24)25/h1-8H,9-11H2,(H,21,22). The first-order chi connectivity index (χ1) is 12.0. The van der Waals surface area contributed by atoms with Gasteiger partial charge in [0.1, 0.15) is 6.54 Å². The molecule has 0 aliphatic carbocycles. The van der Waals surface area contributed by atoms with Crippen LogP contribution in [0.2, 0.25) is 0 Å². The van der Waals surface area contributed by atoms with Gasteiger partial charge in [-0.1, -0.05) is 24.3 Å². The van der Waals surface area contributed by atoms with Gasteiger partial charge in [0.05, 0.1) is 22.8 Å². The maximum Gasteiger partial charge on any atom is 0.323 e. The third kappa shape index (κ3) is 3.42. The van der Waals surface area contributed by atoms with Gasteiger partial charge < -0.3 is 14.9 Å². The summed E-state index contributed by atoms with van der Waals surface area (Å²) in [5, 5.41) is 19.8. The summed E-state index contributed by atoms with van der Waals surface area (Å²) >= 11 is 0. The van der Waals surface area contributed by atoms with E-state index >= 15 is 0 Å². The SMILES string of the molecule is O=C(O)CN1CN(Cc2ccc([N+](=O)[O-])cc2)c2ccccc2C1=O. The van der Waals surface area contributed by atoms with Gasteiger partial charge in [-0.2, -0.15) is 0 Å². The third-order valence-electron chi connectivity index (χ3n) is 3.95. The van der Waals surface area contributed by atoms with Crippen molar-refractivity contribution in [2.45, 2.75) is 6.54 Å². The Morgan fingerprint density at radius 2 is 1.80 bits per heavy atom. The number of fused-ring (bicyclic) bond motifs is 1. The minimum atomic E-state index is -1.08. The summed E-state index contributed by atoms with van der Waals surface area (Å²) in [6, 6.07) is 13.1. The summed E-state index contributed by atoms with van der Waals surface area (Å²) in [6.07, 6.45) is 0. The van der Waals surface area contributed by atoms with E-state index in [1.807, 2.05) is 11.0 Å². The van der Waals surface area contributed by atoms with Crippen LogP contribution in [0.3, 0.4) is 0 Å². The lowest BCUT2D eigenvalue weighted by atomic mass is 10.1. The van der Waals surface area contributed by atoms with Crippen LogP contribution in [0.4, 0.5) is 11.4 Å². The number of nitrogens with zero attached hydrogens (tertiary/aromatic N) is 3. The Bertz CT molecular complexity index is 834. The maximum atomic E-state index is 12.4. The Balaban J connectivity index is 1.88. The highest BCUT2D eigenvalue weighted by atomic mass is 16.6. The molecule has 2 aromatic rings. The van der Waals surface area contributed by atoms with Crippen LogP contribution in [0.1, 0.15) is 15.9 Å². The third-order valence-corrected chi connectivity index (χ3v) is 3.95. The number of carbonyl (C=O) groups is 2. The van der Waals surface area contributed by atoms with E-state index in [2.05, 4.69) is 0 Å². The molecule has 0 bridgehead atoms. The number of anilines is 1. The van der Waals surface area contributed by atoms with E-state index in [1.165, 1.54) is 17.0 Å². The van der Waals surface area contributed by atoms with Gasteiger partial charge >= 0.3 is 5.97 Å².